The number of carbonyl (C=O) groups is 1. The van der Waals surface area contributed by atoms with E-state index in [-0.39, 0.29) is 16.9 Å². The van der Waals surface area contributed by atoms with E-state index in [0.717, 1.165) is 0 Å². The fraction of sp³-hybridized carbons (Fsp3) is 0.0769. The van der Waals surface area contributed by atoms with Crippen LogP contribution in [-0.2, 0) is 0 Å². The molecule has 1 N–H and O–H groups in total. The van der Waals surface area contributed by atoms with Crippen molar-refractivity contribution in [2.24, 2.45) is 0 Å². The second-order valence-electron chi connectivity index (χ2n) is 3.97. The fourth-order valence-electron chi connectivity index (χ4n) is 1.75. The van der Waals surface area contributed by atoms with Crippen molar-refractivity contribution in [2.45, 2.75) is 6.92 Å². The monoisotopic (exact) mass is 276 g/mol. The van der Waals surface area contributed by atoms with Crippen molar-refractivity contribution in [3.8, 4) is 0 Å². The Balaban J connectivity index is 1.86. The normalized spacial score (nSPS) is 10.8. The molecule has 3 rings (SSSR count). The van der Waals surface area contributed by atoms with Crippen LogP contribution >= 0.6 is 11.6 Å². The molecule has 0 aliphatic carbocycles. The Morgan fingerprint density at radius 2 is 2.11 bits per heavy atom. The molecule has 0 radical (unpaired) electrons. The zero-order chi connectivity index (χ0) is 13.4. The smallest absolute Gasteiger partial charge is 0.291 e. The maximum atomic E-state index is 11.9. The van der Waals surface area contributed by atoms with Crippen molar-refractivity contribution in [3.63, 3.8) is 0 Å². The number of amides is 1. The molecule has 0 aliphatic rings. The van der Waals surface area contributed by atoms with Gasteiger partial charge in [0.15, 0.2) is 22.5 Å². The third-order valence-electron chi connectivity index (χ3n) is 2.55. The lowest BCUT2D eigenvalue weighted by atomic mass is 10.3. The van der Waals surface area contributed by atoms with Gasteiger partial charge in [-0.1, -0.05) is 0 Å². The number of aromatic nitrogens is 1. The van der Waals surface area contributed by atoms with Crippen LogP contribution in [-0.4, -0.2) is 10.9 Å². The Morgan fingerprint density at radius 3 is 2.84 bits per heavy atom. The van der Waals surface area contributed by atoms with Crippen molar-refractivity contribution >= 4 is 34.3 Å². The molecule has 19 heavy (non-hydrogen) atoms. The molecule has 0 bridgehead atoms. The average molecular weight is 277 g/mol. The van der Waals surface area contributed by atoms with Crippen LogP contribution in [0.15, 0.2) is 39.2 Å². The van der Waals surface area contributed by atoms with Gasteiger partial charge in [-0.2, -0.15) is 0 Å². The van der Waals surface area contributed by atoms with Crippen LogP contribution in [0.1, 0.15) is 16.4 Å². The molecular formula is C13H9ClN2O3. The number of hydrogen-bond donors (Lipinski definition) is 1. The number of oxazole rings is 1. The summed E-state index contributed by atoms with van der Waals surface area (Å²) in [5, 5.41) is 2.87. The minimum Gasteiger partial charge on any atom is -0.441 e. The van der Waals surface area contributed by atoms with E-state index in [2.05, 4.69) is 10.3 Å². The SMILES string of the molecule is Cc1nc2cc(NC(=O)c3ccc(Cl)o3)ccc2o1. The van der Waals surface area contributed by atoms with E-state index in [0.29, 0.717) is 22.7 Å². The summed E-state index contributed by atoms with van der Waals surface area (Å²) in [4.78, 5) is 16.1. The Morgan fingerprint density at radius 1 is 1.26 bits per heavy atom. The van der Waals surface area contributed by atoms with Crippen molar-refractivity contribution in [1.29, 1.82) is 0 Å². The average Bonchev–Trinajstić information content (AvgIpc) is 2.93. The summed E-state index contributed by atoms with van der Waals surface area (Å²) in [7, 11) is 0. The summed E-state index contributed by atoms with van der Waals surface area (Å²) in [6.07, 6.45) is 0. The van der Waals surface area contributed by atoms with Gasteiger partial charge in [0.1, 0.15) is 5.52 Å². The van der Waals surface area contributed by atoms with E-state index in [9.17, 15) is 4.79 Å². The lowest BCUT2D eigenvalue weighted by molar-refractivity contribution is 0.0997. The number of rotatable bonds is 2. The summed E-state index contributed by atoms with van der Waals surface area (Å²) < 4.78 is 10.4. The van der Waals surface area contributed by atoms with Crippen LogP contribution in [0.5, 0.6) is 0 Å². The van der Waals surface area contributed by atoms with Crippen molar-refractivity contribution in [1.82, 2.24) is 4.98 Å². The van der Waals surface area contributed by atoms with Crippen molar-refractivity contribution < 1.29 is 13.6 Å². The summed E-state index contributed by atoms with van der Waals surface area (Å²) >= 11 is 5.62. The van der Waals surface area contributed by atoms with Gasteiger partial charge in [0.25, 0.3) is 5.91 Å². The van der Waals surface area contributed by atoms with Crippen LogP contribution < -0.4 is 5.32 Å². The molecule has 1 amide bonds. The number of nitrogens with zero attached hydrogens (tertiary/aromatic N) is 1. The van der Waals surface area contributed by atoms with Gasteiger partial charge in [-0.25, -0.2) is 4.98 Å². The van der Waals surface area contributed by atoms with Crippen molar-refractivity contribution in [3.05, 3.63) is 47.2 Å². The number of halogens is 1. The summed E-state index contributed by atoms with van der Waals surface area (Å²) in [6, 6.07) is 8.24. The Kier molecular flexibility index (Phi) is 2.76. The number of benzene rings is 1. The van der Waals surface area contributed by atoms with E-state index >= 15 is 0 Å². The van der Waals surface area contributed by atoms with Crippen LogP contribution in [0, 0.1) is 6.92 Å². The maximum Gasteiger partial charge on any atom is 0.291 e. The second-order valence-corrected chi connectivity index (χ2v) is 4.35. The van der Waals surface area contributed by atoms with Crippen LogP contribution in [0.25, 0.3) is 11.1 Å². The molecule has 96 valence electrons. The predicted molar refractivity (Wildman–Crippen MR) is 70.4 cm³/mol. The number of nitrogens with one attached hydrogen (secondary N) is 1. The molecule has 0 spiro atoms. The standard InChI is InChI=1S/C13H9ClN2O3/c1-7-15-9-6-8(2-3-10(9)18-7)16-13(17)11-4-5-12(14)19-11/h2-6H,1H3,(H,16,17). The summed E-state index contributed by atoms with van der Waals surface area (Å²) in [5.74, 6) is 0.365. The molecule has 0 fully saturated rings. The molecule has 1 aromatic carbocycles. The molecule has 3 aromatic rings. The van der Waals surface area contributed by atoms with Crippen LogP contribution in [0.4, 0.5) is 5.69 Å². The molecular weight excluding hydrogens is 268 g/mol. The fourth-order valence-corrected chi connectivity index (χ4v) is 1.90. The highest BCUT2D eigenvalue weighted by Gasteiger charge is 2.11. The number of furan rings is 1. The Hall–Kier alpha value is -2.27. The maximum absolute atomic E-state index is 11.9. The van der Waals surface area contributed by atoms with E-state index < -0.39 is 0 Å². The Labute approximate surface area is 113 Å². The highest BCUT2D eigenvalue weighted by molar-refractivity contribution is 6.29. The van der Waals surface area contributed by atoms with E-state index in [1.807, 2.05) is 0 Å². The van der Waals surface area contributed by atoms with Crippen molar-refractivity contribution in [2.75, 3.05) is 5.32 Å². The zero-order valence-electron chi connectivity index (χ0n) is 9.94. The van der Waals surface area contributed by atoms with Gasteiger partial charge >= 0.3 is 0 Å². The molecule has 2 aromatic heterocycles. The first-order valence-corrected chi connectivity index (χ1v) is 5.93. The quantitative estimate of drug-likeness (QED) is 0.776. The predicted octanol–water partition coefficient (Wildman–Crippen LogP) is 3.63. The minimum absolute atomic E-state index is 0.154. The third-order valence-corrected chi connectivity index (χ3v) is 2.75. The number of carbonyl (C=O) groups excluding carboxylic acids is 1. The van der Waals surface area contributed by atoms with Gasteiger partial charge < -0.3 is 14.2 Å². The molecule has 0 atom stereocenters. The highest BCUT2D eigenvalue weighted by atomic mass is 35.5. The summed E-state index contributed by atoms with van der Waals surface area (Å²) in [5.41, 5.74) is 1.97. The van der Waals surface area contributed by atoms with Gasteiger partial charge in [-0.05, 0) is 41.9 Å². The Bertz CT molecular complexity index is 760. The minimum atomic E-state index is -0.369. The molecule has 0 saturated heterocycles. The largest absolute Gasteiger partial charge is 0.441 e. The molecule has 0 unspecified atom stereocenters. The lowest BCUT2D eigenvalue weighted by Crippen LogP contribution is -2.10. The second kappa shape index (κ2) is 4.44. The molecule has 5 nitrogen and oxygen atoms in total. The number of hydrogen-bond acceptors (Lipinski definition) is 4. The highest BCUT2D eigenvalue weighted by Crippen LogP contribution is 2.21. The first-order chi connectivity index (χ1) is 9.11. The molecule has 0 saturated carbocycles. The molecule has 0 aliphatic heterocycles. The van der Waals surface area contributed by atoms with Gasteiger partial charge in [-0.15, -0.1) is 0 Å². The first kappa shape index (κ1) is 11.8. The van der Waals surface area contributed by atoms with Crippen LogP contribution in [0.3, 0.4) is 0 Å². The number of fused-ring (bicyclic) bond motifs is 1. The number of aryl methyl sites for hydroxylation is 1. The van der Waals surface area contributed by atoms with E-state index in [4.69, 9.17) is 20.4 Å². The topological polar surface area (TPSA) is 68.3 Å². The summed E-state index contributed by atoms with van der Waals surface area (Å²) in [6.45, 7) is 1.77. The first-order valence-electron chi connectivity index (χ1n) is 5.56. The van der Waals surface area contributed by atoms with Gasteiger partial charge in [0.05, 0.1) is 0 Å². The molecule has 6 heteroatoms. The lowest BCUT2D eigenvalue weighted by Gasteiger charge is -2.02. The van der Waals surface area contributed by atoms with Gasteiger partial charge in [-0.3, -0.25) is 4.79 Å². The zero-order valence-corrected chi connectivity index (χ0v) is 10.7. The van der Waals surface area contributed by atoms with Crippen LogP contribution in [0.2, 0.25) is 5.22 Å². The molecule has 2 heterocycles. The third kappa shape index (κ3) is 2.32. The van der Waals surface area contributed by atoms with E-state index in [1.54, 1.807) is 25.1 Å². The van der Waals surface area contributed by atoms with Gasteiger partial charge in [0, 0.05) is 12.6 Å². The van der Waals surface area contributed by atoms with E-state index in [1.165, 1.54) is 12.1 Å². The number of anilines is 1. The van der Waals surface area contributed by atoms with Gasteiger partial charge in [0.2, 0.25) is 0 Å².